The van der Waals surface area contributed by atoms with Gasteiger partial charge in [0.25, 0.3) is 11.4 Å². The van der Waals surface area contributed by atoms with Crippen LogP contribution in [0.3, 0.4) is 0 Å². The monoisotopic (exact) mass is 410 g/mol. The molecule has 0 saturated heterocycles. The molecule has 0 bridgehead atoms. The predicted octanol–water partition coefficient (Wildman–Crippen LogP) is 2.95. The van der Waals surface area contributed by atoms with Crippen molar-refractivity contribution in [3.63, 3.8) is 0 Å². The number of carbonyl (C=O) groups is 2. The highest BCUT2D eigenvalue weighted by atomic mass is 16.6. The molecule has 11 heteroatoms. The second-order valence-electron chi connectivity index (χ2n) is 7.25. The van der Waals surface area contributed by atoms with Gasteiger partial charge in [0.05, 0.1) is 15.9 Å². The minimum atomic E-state index is -1.17. The van der Waals surface area contributed by atoms with Crippen LogP contribution in [0.15, 0.2) is 18.2 Å². The summed E-state index contributed by atoms with van der Waals surface area (Å²) in [4.78, 5) is 44.9. The summed E-state index contributed by atoms with van der Waals surface area (Å²) in [6.07, 6.45) is 0.806. The number of carboxylic acid groups (broad SMARTS) is 1. The number of amides is 1. The summed E-state index contributed by atoms with van der Waals surface area (Å²) in [5, 5.41) is 36.9. The molecule has 29 heavy (non-hydrogen) atoms. The number of non-ortho nitro benzene ring substituents is 1. The van der Waals surface area contributed by atoms with Crippen molar-refractivity contribution in [1.82, 2.24) is 5.32 Å². The normalized spacial score (nSPS) is 14.0. The molecular formula is C18H26N4O7. The Hall–Kier alpha value is -3.24. The van der Waals surface area contributed by atoms with Gasteiger partial charge in [0.2, 0.25) is 5.91 Å². The number of nitro groups is 2. The number of benzene rings is 1. The Labute approximate surface area is 167 Å². The number of aliphatic carboxylic acids is 1. The number of nitrogens with zero attached hydrogens (tertiary/aromatic N) is 2. The molecule has 0 aliphatic carbocycles. The van der Waals surface area contributed by atoms with Crippen LogP contribution in [0.25, 0.3) is 0 Å². The van der Waals surface area contributed by atoms with Gasteiger partial charge in [-0.15, -0.1) is 0 Å². The first-order chi connectivity index (χ1) is 13.5. The molecule has 0 aliphatic heterocycles. The van der Waals surface area contributed by atoms with Crippen molar-refractivity contribution in [2.75, 3.05) is 5.32 Å². The molecule has 1 amide bonds. The molecule has 0 aromatic heterocycles. The number of anilines is 1. The van der Waals surface area contributed by atoms with Gasteiger partial charge < -0.3 is 15.7 Å². The van der Waals surface area contributed by atoms with E-state index in [1.165, 1.54) is 6.07 Å². The lowest BCUT2D eigenvalue weighted by molar-refractivity contribution is -0.393. The summed E-state index contributed by atoms with van der Waals surface area (Å²) in [5.41, 5.74) is -1.05. The molecule has 0 spiro atoms. The van der Waals surface area contributed by atoms with E-state index in [9.17, 15) is 34.9 Å². The summed E-state index contributed by atoms with van der Waals surface area (Å²) in [5.74, 6) is -2.08. The van der Waals surface area contributed by atoms with Crippen molar-refractivity contribution in [3.8, 4) is 0 Å². The van der Waals surface area contributed by atoms with E-state index in [1.54, 1.807) is 13.8 Å². The summed E-state index contributed by atoms with van der Waals surface area (Å²) < 4.78 is 0. The maximum Gasteiger partial charge on any atom is 0.326 e. The molecule has 3 N–H and O–H groups in total. The zero-order valence-electron chi connectivity index (χ0n) is 16.7. The van der Waals surface area contributed by atoms with Gasteiger partial charge in [0.1, 0.15) is 17.8 Å². The maximum atomic E-state index is 12.8. The van der Waals surface area contributed by atoms with Crippen LogP contribution < -0.4 is 10.6 Å². The number of rotatable bonds is 11. The van der Waals surface area contributed by atoms with Gasteiger partial charge in [0, 0.05) is 6.07 Å². The van der Waals surface area contributed by atoms with Crippen LogP contribution in [0.2, 0.25) is 0 Å². The first kappa shape index (κ1) is 23.8. The average molecular weight is 410 g/mol. The number of carboxylic acids is 1. The molecule has 0 saturated carbocycles. The number of hydrogen-bond donors (Lipinski definition) is 3. The minimum absolute atomic E-state index is 0.0160. The number of hydrogen-bond acceptors (Lipinski definition) is 7. The molecular weight excluding hydrogens is 384 g/mol. The van der Waals surface area contributed by atoms with Gasteiger partial charge in [-0.3, -0.25) is 25.0 Å². The Bertz CT molecular complexity index is 781. The van der Waals surface area contributed by atoms with E-state index in [-0.39, 0.29) is 23.9 Å². The van der Waals surface area contributed by atoms with Crippen LogP contribution in [0, 0.1) is 32.1 Å². The molecule has 0 fully saturated rings. The fourth-order valence-corrected chi connectivity index (χ4v) is 2.73. The van der Waals surface area contributed by atoms with E-state index in [2.05, 4.69) is 10.6 Å². The minimum Gasteiger partial charge on any atom is -0.480 e. The molecule has 1 rings (SSSR count). The van der Waals surface area contributed by atoms with E-state index in [1.807, 2.05) is 13.8 Å². The maximum absolute atomic E-state index is 12.8. The van der Waals surface area contributed by atoms with Crippen molar-refractivity contribution in [3.05, 3.63) is 38.4 Å². The quantitative estimate of drug-likeness (QED) is 0.370. The van der Waals surface area contributed by atoms with Gasteiger partial charge in [-0.1, -0.05) is 34.1 Å². The summed E-state index contributed by atoms with van der Waals surface area (Å²) in [6, 6.07) is 1.02. The highest BCUT2D eigenvalue weighted by molar-refractivity contribution is 5.89. The molecule has 11 nitrogen and oxygen atoms in total. The third-order valence-electron chi connectivity index (χ3n) is 4.52. The summed E-state index contributed by atoms with van der Waals surface area (Å²) in [6.45, 7) is 7.19. The lowest BCUT2D eigenvalue weighted by Gasteiger charge is -2.25. The van der Waals surface area contributed by atoms with Gasteiger partial charge in [-0.25, -0.2) is 4.79 Å². The molecule has 0 heterocycles. The second kappa shape index (κ2) is 10.3. The highest BCUT2D eigenvalue weighted by Crippen LogP contribution is 2.30. The SMILES string of the molecule is CC[C@H](C)[C@H](NC(=O)[C@H](CC(C)C)Nc1ccc([N+](=O)[O-])cc1[N+](=O)[O-])C(=O)O. The van der Waals surface area contributed by atoms with E-state index >= 15 is 0 Å². The molecule has 0 radical (unpaired) electrons. The molecule has 0 unspecified atom stereocenters. The van der Waals surface area contributed by atoms with Crippen molar-refractivity contribution < 1.29 is 24.5 Å². The van der Waals surface area contributed by atoms with Crippen LogP contribution in [0.4, 0.5) is 17.1 Å². The third kappa shape index (κ3) is 6.70. The lowest BCUT2D eigenvalue weighted by Crippen LogP contribution is -2.50. The Morgan fingerprint density at radius 1 is 1.14 bits per heavy atom. The van der Waals surface area contributed by atoms with E-state index < -0.39 is 45.2 Å². The lowest BCUT2D eigenvalue weighted by atomic mass is 9.97. The van der Waals surface area contributed by atoms with Crippen molar-refractivity contribution in [2.45, 2.75) is 52.6 Å². The Morgan fingerprint density at radius 2 is 1.76 bits per heavy atom. The van der Waals surface area contributed by atoms with Crippen molar-refractivity contribution >= 4 is 28.9 Å². The van der Waals surface area contributed by atoms with E-state index in [4.69, 9.17) is 0 Å². The zero-order chi connectivity index (χ0) is 22.3. The predicted molar refractivity (Wildman–Crippen MR) is 106 cm³/mol. The first-order valence-corrected chi connectivity index (χ1v) is 9.20. The summed E-state index contributed by atoms with van der Waals surface area (Å²) in [7, 11) is 0. The van der Waals surface area contributed by atoms with Crippen LogP contribution in [-0.4, -0.2) is 38.9 Å². The van der Waals surface area contributed by atoms with Crippen LogP contribution in [-0.2, 0) is 9.59 Å². The molecule has 160 valence electrons. The first-order valence-electron chi connectivity index (χ1n) is 9.20. The number of nitro benzene ring substituents is 2. The van der Waals surface area contributed by atoms with Gasteiger partial charge >= 0.3 is 5.97 Å². The number of carbonyl (C=O) groups excluding carboxylic acids is 1. The van der Waals surface area contributed by atoms with Crippen LogP contribution >= 0.6 is 0 Å². The second-order valence-corrected chi connectivity index (χ2v) is 7.25. The standard InChI is InChI=1S/C18H26N4O7/c1-5-11(4)16(18(24)25)20-17(23)14(8-10(2)3)19-13-7-6-12(21(26)27)9-15(13)22(28)29/h6-7,9-11,14,16,19H,5,8H2,1-4H3,(H,20,23)(H,24,25)/t11-,14-,16-/m0/s1. The molecule has 1 aromatic rings. The largest absolute Gasteiger partial charge is 0.480 e. The fourth-order valence-electron chi connectivity index (χ4n) is 2.73. The Morgan fingerprint density at radius 3 is 2.21 bits per heavy atom. The average Bonchev–Trinajstić information content (AvgIpc) is 2.63. The van der Waals surface area contributed by atoms with Gasteiger partial charge in [0.15, 0.2) is 0 Å². The van der Waals surface area contributed by atoms with Crippen LogP contribution in [0.5, 0.6) is 0 Å². The fraction of sp³-hybridized carbons (Fsp3) is 0.556. The Balaban J connectivity index is 3.19. The molecule has 0 aliphatic rings. The third-order valence-corrected chi connectivity index (χ3v) is 4.52. The van der Waals surface area contributed by atoms with Crippen LogP contribution in [0.1, 0.15) is 40.5 Å². The summed E-state index contributed by atoms with van der Waals surface area (Å²) >= 11 is 0. The highest BCUT2D eigenvalue weighted by Gasteiger charge is 2.30. The Kier molecular flexibility index (Phi) is 8.49. The molecule has 3 atom stereocenters. The van der Waals surface area contributed by atoms with Gasteiger partial charge in [-0.2, -0.15) is 0 Å². The van der Waals surface area contributed by atoms with Crippen molar-refractivity contribution in [1.29, 1.82) is 0 Å². The van der Waals surface area contributed by atoms with Gasteiger partial charge in [-0.05, 0) is 24.3 Å². The zero-order valence-corrected chi connectivity index (χ0v) is 16.7. The topological polar surface area (TPSA) is 165 Å². The number of nitrogens with one attached hydrogen (secondary N) is 2. The molecule has 1 aromatic carbocycles. The van der Waals surface area contributed by atoms with E-state index in [0.717, 1.165) is 12.1 Å². The smallest absolute Gasteiger partial charge is 0.326 e. The van der Waals surface area contributed by atoms with E-state index in [0.29, 0.717) is 6.42 Å². The van der Waals surface area contributed by atoms with Crippen molar-refractivity contribution in [2.24, 2.45) is 11.8 Å².